The molecule has 0 radical (unpaired) electrons. The maximum absolute atomic E-state index is 6.12. The summed E-state index contributed by atoms with van der Waals surface area (Å²) < 4.78 is 12.2. The van der Waals surface area contributed by atoms with Crippen molar-refractivity contribution in [3.05, 3.63) is 71.8 Å². The number of unbranched alkanes of at least 4 members (excludes halogenated alkanes) is 1. The van der Waals surface area contributed by atoms with Crippen molar-refractivity contribution in [3.63, 3.8) is 0 Å². The van der Waals surface area contributed by atoms with Crippen LogP contribution in [-0.4, -0.2) is 19.8 Å². The van der Waals surface area contributed by atoms with Gasteiger partial charge in [-0.2, -0.15) is 0 Å². The van der Waals surface area contributed by atoms with Gasteiger partial charge in [-0.3, -0.25) is 0 Å². The molecule has 2 rings (SSSR count). The maximum atomic E-state index is 6.12. The lowest BCUT2D eigenvalue weighted by Gasteiger charge is -2.38. The van der Waals surface area contributed by atoms with Crippen molar-refractivity contribution in [3.8, 4) is 0 Å². The van der Waals surface area contributed by atoms with Crippen LogP contribution < -0.4 is 0 Å². The van der Waals surface area contributed by atoms with Gasteiger partial charge in [-0.05, 0) is 24.5 Å². The molecule has 0 N–H and O–H groups in total. The fourth-order valence-electron chi connectivity index (χ4n) is 2.93. The normalized spacial score (nSPS) is 13.0. The third-order valence-electron chi connectivity index (χ3n) is 4.17. The topological polar surface area (TPSA) is 18.5 Å². The zero-order valence-corrected chi connectivity index (χ0v) is 13.8. The number of hydrogen-bond acceptors (Lipinski definition) is 2. The highest BCUT2D eigenvalue weighted by Crippen LogP contribution is 2.38. The third-order valence-corrected chi connectivity index (χ3v) is 4.17. The van der Waals surface area contributed by atoms with Gasteiger partial charge in [0.2, 0.25) is 0 Å². The molecule has 0 aliphatic carbocycles. The van der Waals surface area contributed by atoms with Crippen molar-refractivity contribution in [2.45, 2.75) is 38.4 Å². The van der Waals surface area contributed by atoms with E-state index >= 15 is 0 Å². The Labute approximate surface area is 134 Å². The van der Waals surface area contributed by atoms with E-state index in [1.54, 1.807) is 7.11 Å². The standard InChI is InChI=1S/C20H26O2/c1-4-5-16-22-17(2)20(21-3,18-12-8-6-9-13-18)19-14-10-7-11-15-19/h6-15,17H,4-5,16H2,1-3H3/t17-/m0/s1. The lowest BCUT2D eigenvalue weighted by molar-refractivity contribution is -0.104. The summed E-state index contributed by atoms with van der Waals surface area (Å²) in [6.45, 7) is 5.02. The molecular weight excluding hydrogens is 272 g/mol. The summed E-state index contributed by atoms with van der Waals surface area (Å²) in [5.41, 5.74) is 1.65. The summed E-state index contributed by atoms with van der Waals surface area (Å²) >= 11 is 0. The van der Waals surface area contributed by atoms with Crippen LogP contribution in [0.5, 0.6) is 0 Å². The predicted octanol–water partition coefficient (Wildman–Crippen LogP) is 4.78. The molecule has 0 unspecified atom stereocenters. The van der Waals surface area contributed by atoms with E-state index in [1.807, 2.05) is 36.4 Å². The molecule has 0 fully saturated rings. The SMILES string of the molecule is CCCCO[C@@H](C)C(OC)(c1ccccc1)c1ccccc1. The van der Waals surface area contributed by atoms with Crippen molar-refractivity contribution in [2.75, 3.05) is 13.7 Å². The lowest BCUT2D eigenvalue weighted by atomic mass is 9.82. The lowest BCUT2D eigenvalue weighted by Crippen LogP contribution is -2.42. The van der Waals surface area contributed by atoms with Crippen LogP contribution in [0.4, 0.5) is 0 Å². The summed E-state index contributed by atoms with van der Waals surface area (Å²) in [5, 5.41) is 0. The largest absolute Gasteiger partial charge is 0.375 e. The molecule has 0 aromatic heterocycles. The van der Waals surface area contributed by atoms with E-state index < -0.39 is 5.60 Å². The molecule has 22 heavy (non-hydrogen) atoms. The van der Waals surface area contributed by atoms with E-state index in [1.165, 1.54) is 0 Å². The monoisotopic (exact) mass is 298 g/mol. The molecule has 0 amide bonds. The Bertz CT molecular complexity index is 497. The molecule has 0 aliphatic rings. The van der Waals surface area contributed by atoms with E-state index in [-0.39, 0.29) is 6.10 Å². The second kappa shape index (κ2) is 8.11. The van der Waals surface area contributed by atoms with Gasteiger partial charge in [-0.15, -0.1) is 0 Å². The van der Waals surface area contributed by atoms with Crippen LogP contribution in [0.25, 0.3) is 0 Å². The van der Waals surface area contributed by atoms with Crippen molar-refractivity contribution in [2.24, 2.45) is 0 Å². The van der Waals surface area contributed by atoms with Crippen molar-refractivity contribution < 1.29 is 9.47 Å². The molecule has 1 atom stereocenters. The average Bonchev–Trinajstić information content (AvgIpc) is 2.58. The molecule has 2 nitrogen and oxygen atoms in total. The number of ether oxygens (including phenoxy) is 2. The highest BCUT2D eigenvalue weighted by molar-refractivity contribution is 5.38. The van der Waals surface area contributed by atoms with Crippen LogP contribution in [0.1, 0.15) is 37.8 Å². The summed E-state index contributed by atoms with van der Waals surface area (Å²) in [5.74, 6) is 0. The van der Waals surface area contributed by atoms with Crippen molar-refractivity contribution in [1.82, 2.24) is 0 Å². The number of rotatable bonds is 8. The summed E-state index contributed by atoms with van der Waals surface area (Å²) in [6.07, 6.45) is 2.12. The molecule has 0 bridgehead atoms. The van der Waals surface area contributed by atoms with Crippen LogP contribution in [-0.2, 0) is 15.1 Å². The molecular formula is C20H26O2. The van der Waals surface area contributed by atoms with E-state index in [9.17, 15) is 0 Å². The van der Waals surface area contributed by atoms with Gasteiger partial charge >= 0.3 is 0 Å². The summed E-state index contributed by atoms with van der Waals surface area (Å²) in [4.78, 5) is 0. The Morgan fingerprint density at radius 3 is 1.82 bits per heavy atom. The Hall–Kier alpha value is -1.64. The zero-order valence-electron chi connectivity index (χ0n) is 13.8. The summed E-state index contributed by atoms with van der Waals surface area (Å²) in [6, 6.07) is 20.7. The molecule has 0 aliphatic heterocycles. The zero-order chi connectivity index (χ0) is 15.8. The van der Waals surface area contributed by atoms with Gasteiger partial charge in [0, 0.05) is 13.7 Å². The maximum Gasteiger partial charge on any atom is 0.143 e. The van der Waals surface area contributed by atoms with E-state index in [0.717, 1.165) is 30.6 Å². The van der Waals surface area contributed by atoms with E-state index in [2.05, 4.69) is 38.1 Å². The number of benzene rings is 2. The van der Waals surface area contributed by atoms with Crippen LogP contribution >= 0.6 is 0 Å². The smallest absolute Gasteiger partial charge is 0.143 e. The molecule has 2 heteroatoms. The van der Waals surface area contributed by atoms with E-state index in [0.29, 0.717) is 0 Å². The first-order valence-corrected chi connectivity index (χ1v) is 8.03. The van der Waals surface area contributed by atoms with Crippen LogP contribution in [0, 0.1) is 0 Å². The van der Waals surface area contributed by atoms with Gasteiger partial charge in [0.25, 0.3) is 0 Å². The molecule has 0 spiro atoms. The second-order valence-electron chi connectivity index (χ2n) is 5.54. The highest BCUT2D eigenvalue weighted by Gasteiger charge is 2.40. The minimum absolute atomic E-state index is 0.0751. The van der Waals surface area contributed by atoms with Gasteiger partial charge in [0.05, 0.1) is 6.10 Å². The van der Waals surface area contributed by atoms with Crippen LogP contribution in [0.2, 0.25) is 0 Å². The molecule has 0 saturated heterocycles. The molecule has 2 aromatic rings. The van der Waals surface area contributed by atoms with Crippen molar-refractivity contribution >= 4 is 0 Å². The minimum Gasteiger partial charge on any atom is -0.375 e. The first-order chi connectivity index (χ1) is 10.8. The van der Waals surface area contributed by atoms with Gasteiger partial charge in [-0.1, -0.05) is 74.0 Å². The predicted molar refractivity (Wildman–Crippen MR) is 91.0 cm³/mol. The van der Waals surface area contributed by atoms with Gasteiger partial charge in [0.1, 0.15) is 5.60 Å². The minimum atomic E-state index is -0.587. The van der Waals surface area contributed by atoms with Crippen LogP contribution in [0.3, 0.4) is 0 Å². The Morgan fingerprint density at radius 2 is 1.41 bits per heavy atom. The molecule has 118 valence electrons. The summed E-state index contributed by atoms with van der Waals surface area (Å²) in [7, 11) is 1.76. The molecule has 0 saturated carbocycles. The van der Waals surface area contributed by atoms with Gasteiger partial charge < -0.3 is 9.47 Å². The van der Waals surface area contributed by atoms with Crippen LogP contribution in [0.15, 0.2) is 60.7 Å². The number of methoxy groups -OCH3 is 1. The fourth-order valence-corrected chi connectivity index (χ4v) is 2.93. The Morgan fingerprint density at radius 1 is 0.909 bits per heavy atom. The fraction of sp³-hybridized carbons (Fsp3) is 0.400. The molecule has 0 heterocycles. The first-order valence-electron chi connectivity index (χ1n) is 8.03. The average molecular weight is 298 g/mol. The van der Waals surface area contributed by atoms with Crippen molar-refractivity contribution in [1.29, 1.82) is 0 Å². The van der Waals surface area contributed by atoms with Gasteiger partial charge in [-0.25, -0.2) is 0 Å². The molecule has 2 aromatic carbocycles. The number of hydrogen-bond donors (Lipinski definition) is 0. The third kappa shape index (κ3) is 3.40. The first kappa shape index (κ1) is 16.7. The second-order valence-corrected chi connectivity index (χ2v) is 5.54. The Kier molecular flexibility index (Phi) is 6.17. The highest BCUT2D eigenvalue weighted by atomic mass is 16.5. The van der Waals surface area contributed by atoms with E-state index in [4.69, 9.17) is 9.47 Å². The quantitative estimate of drug-likeness (QED) is 0.653. The van der Waals surface area contributed by atoms with Gasteiger partial charge in [0.15, 0.2) is 0 Å². The Balaban J connectivity index is 2.43.